The van der Waals surface area contributed by atoms with E-state index < -0.39 is 49.9 Å². The summed E-state index contributed by atoms with van der Waals surface area (Å²) in [6.45, 7) is 1.66. The van der Waals surface area contributed by atoms with Crippen molar-refractivity contribution in [3.05, 3.63) is 58.9 Å². The molecule has 2 aromatic carbocycles. The lowest BCUT2D eigenvalue weighted by Gasteiger charge is -2.09. The van der Waals surface area contributed by atoms with E-state index in [0.717, 1.165) is 0 Å². The SMILES string of the molecule is Cc1ccc(-c2noc(C(F)F)c2-c2cc(F)c(S(N)(=O)=O)c(F)c2)cc1C#N. The van der Waals surface area contributed by atoms with Gasteiger partial charge in [0, 0.05) is 5.56 Å². The fourth-order valence-corrected chi connectivity index (χ4v) is 3.46. The molecule has 0 atom stereocenters. The predicted octanol–water partition coefficient (Wildman–Crippen LogP) is 4.05. The van der Waals surface area contributed by atoms with Crippen LogP contribution in [0.15, 0.2) is 39.8 Å². The van der Waals surface area contributed by atoms with Gasteiger partial charge in [-0.2, -0.15) is 5.26 Å². The molecule has 0 aliphatic carbocycles. The molecule has 6 nitrogen and oxygen atoms in total. The van der Waals surface area contributed by atoms with Crippen molar-refractivity contribution < 1.29 is 30.5 Å². The first kappa shape index (κ1) is 20.5. The molecule has 0 saturated heterocycles. The highest BCUT2D eigenvalue weighted by molar-refractivity contribution is 7.89. The number of nitrogens with zero attached hydrogens (tertiary/aromatic N) is 2. The molecule has 0 saturated carbocycles. The van der Waals surface area contributed by atoms with Gasteiger partial charge in [-0.05, 0) is 36.2 Å². The lowest BCUT2D eigenvalue weighted by Crippen LogP contribution is -2.16. The van der Waals surface area contributed by atoms with Gasteiger partial charge in [-0.3, -0.25) is 0 Å². The van der Waals surface area contributed by atoms with Crippen molar-refractivity contribution in [1.29, 1.82) is 5.26 Å². The Kier molecular flexibility index (Phi) is 5.16. The molecule has 0 unspecified atom stereocenters. The first-order valence-corrected chi connectivity index (χ1v) is 9.40. The summed E-state index contributed by atoms with van der Waals surface area (Å²) in [5, 5.41) is 17.5. The topological polar surface area (TPSA) is 110 Å². The standard InChI is InChI=1S/C18H11F4N3O3S/c1-8-2-3-9(4-11(8)7-23)15-14(16(18(21)22)28-25-15)10-5-12(19)17(13(20)6-10)29(24,26)27/h2-6,18H,1H3,(H2,24,26,27). The van der Waals surface area contributed by atoms with Crippen molar-refractivity contribution in [3.8, 4) is 28.5 Å². The van der Waals surface area contributed by atoms with Crippen LogP contribution in [0, 0.1) is 29.9 Å². The molecule has 3 aromatic rings. The number of hydrogen-bond donors (Lipinski definition) is 1. The number of sulfonamides is 1. The van der Waals surface area contributed by atoms with Gasteiger partial charge in [-0.15, -0.1) is 0 Å². The Labute approximate surface area is 162 Å². The summed E-state index contributed by atoms with van der Waals surface area (Å²) in [5.41, 5.74) is -0.0282. The van der Waals surface area contributed by atoms with E-state index in [-0.39, 0.29) is 16.8 Å². The first-order chi connectivity index (χ1) is 13.5. The second-order valence-corrected chi connectivity index (χ2v) is 7.52. The van der Waals surface area contributed by atoms with Crippen molar-refractivity contribution in [2.45, 2.75) is 18.2 Å². The predicted molar refractivity (Wildman–Crippen MR) is 93.1 cm³/mol. The number of primary sulfonamides is 1. The average molecular weight is 425 g/mol. The normalized spacial score (nSPS) is 11.7. The third-order valence-electron chi connectivity index (χ3n) is 4.12. The van der Waals surface area contributed by atoms with Gasteiger partial charge >= 0.3 is 0 Å². The van der Waals surface area contributed by atoms with Gasteiger partial charge in [0.25, 0.3) is 6.43 Å². The number of aromatic nitrogens is 1. The van der Waals surface area contributed by atoms with Crippen LogP contribution in [-0.4, -0.2) is 13.6 Å². The zero-order valence-electron chi connectivity index (χ0n) is 14.6. The summed E-state index contributed by atoms with van der Waals surface area (Å²) >= 11 is 0. The molecule has 0 radical (unpaired) electrons. The van der Waals surface area contributed by atoms with Crippen molar-refractivity contribution in [2.24, 2.45) is 5.14 Å². The monoisotopic (exact) mass is 425 g/mol. The van der Waals surface area contributed by atoms with Crippen LogP contribution < -0.4 is 5.14 Å². The fraction of sp³-hybridized carbons (Fsp3) is 0.111. The maximum Gasteiger partial charge on any atom is 0.298 e. The molecule has 3 rings (SSSR count). The summed E-state index contributed by atoms with van der Waals surface area (Å²) in [5.74, 6) is -4.09. The summed E-state index contributed by atoms with van der Waals surface area (Å²) in [4.78, 5) is -1.39. The van der Waals surface area contributed by atoms with Crippen LogP contribution >= 0.6 is 0 Å². The van der Waals surface area contributed by atoms with Crippen LogP contribution in [0.2, 0.25) is 0 Å². The maximum absolute atomic E-state index is 14.3. The lowest BCUT2D eigenvalue weighted by atomic mass is 9.96. The van der Waals surface area contributed by atoms with E-state index in [1.807, 2.05) is 6.07 Å². The van der Waals surface area contributed by atoms with Crippen LogP contribution in [0.5, 0.6) is 0 Å². The Balaban J connectivity index is 2.31. The highest BCUT2D eigenvalue weighted by atomic mass is 32.2. The minimum absolute atomic E-state index is 0.189. The number of benzene rings is 2. The molecule has 2 N–H and O–H groups in total. The zero-order chi connectivity index (χ0) is 21.5. The first-order valence-electron chi connectivity index (χ1n) is 7.85. The van der Waals surface area contributed by atoms with Gasteiger partial charge < -0.3 is 4.52 Å². The Bertz CT molecular complexity index is 1240. The Hall–Kier alpha value is -3.23. The molecule has 29 heavy (non-hydrogen) atoms. The van der Waals surface area contributed by atoms with E-state index in [1.165, 1.54) is 12.1 Å². The van der Waals surface area contributed by atoms with Crippen LogP contribution in [0.4, 0.5) is 17.6 Å². The molecule has 0 spiro atoms. The highest BCUT2D eigenvalue weighted by Crippen LogP contribution is 2.40. The van der Waals surface area contributed by atoms with Crippen LogP contribution in [-0.2, 0) is 10.0 Å². The second kappa shape index (κ2) is 7.31. The van der Waals surface area contributed by atoms with Gasteiger partial charge in [0.1, 0.15) is 17.3 Å². The fourth-order valence-electron chi connectivity index (χ4n) is 2.79. The van der Waals surface area contributed by atoms with Gasteiger partial charge in [0.2, 0.25) is 15.8 Å². The molecule has 0 bridgehead atoms. The number of aryl methyl sites for hydroxylation is 1. The van der Waals surface area contributed by atoms with Gasteiger partial charge in [-0.25, -0.2) is 31.1 Å². The van der Waals surface area contributed by atoms with Crippen LogP contribution in [0.3, 0.4) is 0 Å². The quantitative estimate of drug-likeness (QED) is 0.634. The number of nitrogens with two attached hydrogens (primary N) is 1. The van der Waals surface area contributed by atoms with E-state index in [0.29, 0.717) is 17.7 Å². The molecular formula is C18H11F4N3O3S. The molecule has 0 aliphatic heterocycles. The smallest absolute Gasteiger partial charge is 0.298 e. The summed E-state index contributed by atoms with van der Waals surface area (Å²) in [6, 6.07) is 7.39. The number of halogens is 4. The molecular weight excluding hydrogens is 414 g/mol. The average Bonchev–Trinajstić information content (AvgIpc) is 3.05. The minimum Gasteiger partial charge on any atom is -0.354 e. The number of hydrogen-bond acceptors (Lipinski definition) is 5. The number of alkyl halides is 2. The van der Waals surface area contributed by atoms with Crippen molar-refractivity contribution >= 4 is 10.0 Å². The van der Waals surface area contributed by atoms with Crippen LogP contribution in [0.25, 0.3) is 22.4 Å². The molecule has 0 amide bonds. The molecule has 0 fully saturated rings. The third kappa shape index (κ3) is 3.72. The Morgan fingerprint density at radius 1 is 1.14 bits per heavy atom. The Morgan fingerprint density at radius 3 is 2.28 bits per heavy atom. The number of rotatable bonds is 4. The minimum atomic E-state index is -4.73. The maximum atomic E-state index is 14.3. The van der Waals surface area contributed by atoms with E-state index in [9.17, 15) is 26.0 Å². The van der Waals surface area contributed by atoms with E-state index in [1.54, 1.807) is 13.0 Å². The van der Waals surface area contributed by atoms with E-state index in [2.05, 4.69) is 9.68 Å². The highest BCUT2D eigenvalue weighted by Gasteiger charge is 2.29. The number of nitriles is 1. The second-order valence-electron chi connectivity index (χ2n) is 6.03. The molecule has 1 aromatic heterocycles. The molecule has 150 valence electrons. The lowest BCUT2D eigenvalue weighted by molar-refractivity contribution is 0.113. The zero-order valence-corrected chi connectivity index (χ0v) is 15.4. The van der Waals surface area contributed by atoms with Crippen molar-refractivity contribution in [1.82, 2.24) is 5.16 Å². The molecule has 1 heterocycles. The summed E-state index contributed by atoms with van der Waals surface area (Å²) < 4.78 is 82.8. The van der Waals surface area contributed by atoms with E-state index >= 15 is 0 Å². The van der Waals surface area contributed by atoms with E-state index in [4.69, 9.17) is 10.4 Å². The Morgan fingerprint density at radius 2 is 1.76 bits per heavy atom. The van der Waals surface area contributed by atoms with Gasteiger partial charge in [0.15, 0.2) is 4.90 Å². The van der Waals surface area contributed by atoms with Crippen molar-refractivity contribution in [3.63, 3.8) is 0 Å². The van der Waals surface area contributed by atoms with Gasteiger partial charge in [0.05, 0.1) is 17.2 Å². The van der Waals surface area contributed by atoms with Crippen LogP contribution in [0.1, 0.15) is 23.3 Å². The van der Waals surface area contributed by atoms with Crippen molar-refractivity contribution in [2.75, 3.05) is 0 Å². The molecule has 11 heteroatoms. The van der Waals surface area contributed by atoms with Gasteiger partial charge in [-0.1, -0.05) is 17.3 Å². The largest absolute Gasteiger partial charge is 0.354 e. The summed E-state index contributed by atoms with van der Waals surface area (Å²) in [6.07, 6.45) is -3.18. The summed E-state index contributed by atoms with van der Waals surface area (Å²) in [7, 11) is -4.73. The third-order valence-corrected chi connectivity index (χ3v) is 5.08. The molecule has 0 aliphatic rings.